The van der Waals surface area contributed by atoms with Crippen LogP contribution in [-0.4, -0.2) is 24.9 Å². The molecule has 1 unspecified atom stereocenters. The lowest BCUT2D eigenvalue weighted by atomic mass is 10.1. The molecular weight excluding hydrogens is 302 g/mol. The third-order valence-corrected chi connectivity index (χ3v) is 3.84. The summed E-state index contributed by atoms with van der Waals surface area (Å²) in [5.41, 5.74) is 7.41. The average Bonchev–Trinajstić information content (AvgIpc) is 2.53. The molecule has 6 heteroatoms. The third kappa shape index (κ3) is 4.71. The van der Waals surface area contributed by atoms with Gasteiger partial charge >= 0.3 is 0 Å². The van der Waals surface area contributed by atoms with E-state index >= 15 is 0 Å². The summed E-state index contributed by atoms with van der Waals surface area (Å²) >= 11 is 0. The Morgan fingerprint density at radius 2 is 2.00 bits per heavy atom. The Hall–Kier alpha value is -1.59. The van der Waals surface area contributed by atoms with Crippen LogP contribution in [0.4, 0.5) is 5.69 Å². The van der Waals surface area contributed by atoms with Crippen molar-refractivity contribution in [3.05, 3.63) is 29.8 Å². The number of carbonyl (C=O) groups is 2. The van der Waals surface area contributed by atoms with Crippen LogP contribution < -0.4 is 16.0 Å². The van der Waals surface area contributed by atoms with Crippen LogP contribution in [0.2, 0.25) is 0 Å². The van der Waals surface area contributed by atoms with Gasteiger partial charge in [0.25, 0.3) is 0 Å². The first-order valence-corrected chi connectivity index (χ1v) is 7.49. The van der Waals surface area contributed by atoms with Crippen LogP contribution in [0.5, 0.6) is 0 Å². The van der Waals surface area contributed by atoms with Crippen molar-refractivity contribution in [1.82, 2.24) is 5.32 Å². The van der Waals surface area contributed by atoms with E-state index in [9.17, 15) is 9.59 Å². The number of amides is 2. The number of halogens is 1. The Balaban J connectivity index is 0.00000242. The highest BCUT2D eigenvalue weighted by Gasteiger charge is 2.19. The van der Waals surface area contributed by atoms with Gasteiger partial charge in [-0.3, -0.25) is 9.59 Å². The minimum Gasteiger partial charge on any atom is -0.352 e. The average molecular weight is 326 g/mol. The van der Waals surface area contributed by atoms with Gasteiger partial charge in [-0.2, -0.15) is 0 Å². The highest BCUT2D eigenvalue weighted by atomic mass is 35.5. The summed E-state index contributed by atoms with van der Waals surface area (Å²) in [6.45, 7) is 3.43. The standard InChI is InChI=1S/C16H23N3O2.ClH/c1-12(10-17)16(21)18-11-13-5-7-14(8-6-13)19-9-3-2-4-15(19)20;/h5-8,12H,2-4,9-11,17H2,1H3,(H,18,21);1H. The summed E-state index contributed by atoms with van der Waals surface area (Å²) in [6, 6.07) is 7.78. The van der Waals surface area contributed by atoms with Gasteiger partial charge in [-0.25, -0.2) is 0 Å². The second-order valence-corrected chi connectivity index (χ2v) is 5.52. The fourth-order valence-corrected chi connectivity index (χ4v) is 2.34. The zero-order valence-corrected chi connectivity index (χ0v) is 13.7. The van der Waals surface area contributed by atoms with E-state index < -0.39 is 0 Å². The van der Waals surface area contributed by atoms with E-state index in [2.05, 4.69) is 5.32 Å². The molecular formula is C16H24ClN3O2. The molecule has 0 spiro atoms. The Morgan fingerprint density at radius 3 is 2.59 bits per heavy atom. The molecule has 1 fully saturated rings. The molecule has 3 N–H and O–H groups in total. The van der Waals surface area contributed by atoms with Crippen molar-refractivity contribution in [2.75, 3.05) is 18.0 Å². The maximum absolute atomic E-state index is 11.9. The molecule has 2 rings (SSSR count). The SMILES string of the molecule is CC(CN)C(=O)NCc1ccc(N2CCCCC2=O)cc1.Cl. The van der Waals surface area contributed by atoms with E-state index in [0.29, 0.717) is 19.5 Å². The Kier molecular flexibility index (Phi) is 7.35. The molecule has 122 valence electrons. The molecule has 1 aliphatic rings. The molecule has 1 aliphatic heterocycles. The van der Waals surface area contributed by atoms with Crippen LogP contribution in [0.25, 0.3) is 0 Å². The molecule has 0 aromatic heterocycles. The highest BCUT2D eigenvalue weighted by Crippen LogP contribution is 2.21. The Labute approximate surface area is 137 Å². The summed E-state index contributed by atoms with van der Waals surface area (Å²) in [7, 11) is 0. The topological polar surface area (TPSA) is 75.4 Å². The maximum Gasteiger partial charge on any atom is 0.226 e. The van der Waals surface area contributed by atoms with Gasteiger partial charge in [-0.05, 0) is 30.5 Å². The zero-order valence-electron chi connectivity index (χ0n) is 12.9. The van der Waals surface area contributed by atoms with Gasteiger partial charge in [-0.15, -0.1) is 12.4 Å². The second-order valence-electron chi connectivity index (χ2n) is 5.52. The summed E-state index contributed by atoms with van der Waals surface area (Å²) in [5.74, 6) is -0.0119. The minimum absolute atomic E-state index is 0. The van der Waals surface area contributed by atoms with E-state index in [0.717, 1.165) is 30.6 Å². The van der Waals surface area contributed by atoms with Crippen molar-refractivity contribution in [1.29, 1.82) is 0 Å². The highest BCUT2D eigenvalue weighted by molar-refractivity contribution is 5.93. The van der Waals surface area contributed by atoms with E-state index in [1.54, 1.807) is 6.92 Å². The van der Waals surface area contributed by atoms with Gasteiger partial charge in [0.05, 0.1) is 0 Å². The zero-order chi connectivity index (χ0) is 15.2. The quantitative estimate of drug-likeness (QED) is 0.867. The molecule has 1 heterocycles. The number of carbonyl (C=O) groups excluding carboxylic acids is 2. The van der Waals surface area contributed by atoms with Crippen LogP contribution in [0, 0.1) is 5.92 Å². The van der Waals surface area contributed by atoms with E-state index in [4.69, 9.17) is 5.73 Å². The summed E-state index contributed by atoms with van der Waals surface area (Å²) in [4.78, 5) is 25.4. The number of rotatable bonds is 5. The molecule has 5 nitrogen and oxygen atoms in total. The molecule has 1 aromatic carbocycles. The first-order chi connectivity index (χ1) is 10.1. The lowest BCUT2D eigenvalue weighted by Crippen LogP contribution is -2.35. The van der Waals surface area contributed by atoms with Crippen LogP contribution in [0.3, 0.4) is 0 Å². The van der Waals surface area contributed by atoms with Crippen molar-refractivity contribution < 1.29 is 9.59 Å². The van der Waals surface area contributed by atoms with E-state index in [-0.39, 0.29) is 30.1 Å². The van der Waals surface area contributed by atoms with Crippen molar-refractivity contribution >= 4 is 29.9 Å². The lowest BCUT2D eigenvalue weighted by Gasteiger charge is -2.26. The summed E-state index contributed by atoms with van der Waals surface area (Å²) in [5, 5.41) is 2.86. The molecule has 1 aromatic rings. The number of hydrogen-bond donors (Lipinski definition) is 2. The summed E-state index contributed by atoms with van der Waals surface area (Å²) in [6.07, 6.45) is 2.67. The van der Waals surface area contributed by atoms with Gasteiger partial charge in [0.2, 0.25) is 11.8 Å². The number of piperidine rings is 1. The smallest absolute Gasteiger partial charge is 0.226 e. The van der Waals surface area contributed by atoms with Crippen molar-refractivity contribution in [2.45, 2.75) is 32.7 Å². The predicted molar refractivity (Wildman–Crippen MR) is 90.0 cm³/mol. The number of benzene rings is 1. The Bertz CT molecular complexity index is 505. The van der Waals surface area contributed by atoms with Crippen LogP contribution >= 0.6 is 12.4 Å². The maximum atomic E-state index is 11.9. The predicted octanol–water partition coefficient (Wildman–Crippen LogP) is 1.84. The third-order valence-electron chi connectivity index (χ3n) is 3.84. The van der Waals surface area contributed by atoms with Gasteiger partial charge in [0.1, 0.15) is 0 Å². The van der Waals surface area contributed by atoms with Crippen LogP contribution in [0.15, 0.2) is 24.3 Å². The molecule has 0 aliphatic carbocycles. The van der Waals surface area contributed by atoms with Crippen LogP contribution in [0.1, 0.15) is 31.7 Å². The molecule has 1 atom stereocenters. The number of nitrogens with two attached hydrogens (primary N) is 1. The summed E-state index contributed by atoms with van der Waals surface area (Å²) < 4.78 is 0. The molecule has 0 saturated carbocycles. The fraction of sp³-hybridized carbons (Fsp3) is 0.500. The Morgan fingerprint density at radius 1 is 1.32 bits per heavy atom. The first kappa shape index (κ1) is 18.5. The normalized spacial score (nSPS) is 15.9. The van der Waals surface area contributed by atoms with Gasteiger partial charge in [0, 0.05) is 37.7 Å². The number of nitrogens with zero attached hydrogens (tertiary/aromatic N) is 1. The molecule has 0 radical (unpaired) electrons. The van der Waals surface area contributed by atoms with Crippen molar-refractivity contribution in [3.8, 4) is 0 Å². The van der Waals surface area contributed by atoms with Gasteiger partial charge in [-0.1, -0.05) is 19.1 Å². The van der Waals surface area contributed by atoms with Gasteiger partial charge in [0.15, 0.2) is 0 Å². The van der Waals surface area contributed by atoms with Crippen molar-refractivity contribution in [3.63, 3.8) is 0 Å². The largest absolute Gasteiger partial charge is 0.352 e. The molecule has 0 bridgehead atoms. The molecule has 22 heavy (non-hydrogen) atoms. The monoisotopic (exact) mass is 325 g/mol. The molecule has 1 saturated heterocycles. The molecule has 2 amide bonds. The number of hydrogen-bond acceptors (Lipinski definition) is 3. The van der Waals surface area contributed by atoms with E-state index in [1.807, 2.05) is 29.2 Å². The van der Waals surface area contributed by atoms with Crippen LogP contribution in [-0.2, 0) is 16.1 Å². The first-order valence-electron chi connectivity index (χ1n) is 7.49. The fourth-order valence-electron chi connectivity index (χ4n) is 2.34. The number of anilines is 1. The van der Waals surface area contributed by atoms with Gasteiger partial charge < -0.3 is 16.0 Å². The lowest BCUT2D eigenvalue weighted by molar-refractivity contribution is -0.124. The second kappa shape index (κ2) is 8.76. The number of nitrogens with one attached hydrogen (secondary N) is 1. The minimum atomic E-state index is -0.171. The van der Waals surface area contributed by atoms with E-state index in [1.165, 1.54) is 0 Å². The van der Waals surface area contributed by atoms with Crippen molar-refractivity contribution in [2.24, 2.45) is 11.7 Å².